The molecule has 250 valence electrons. The summed E-state index contributed by atoms with van der Waals surface area (Å²) in [7, 11) is 0. The van der Waals surface area contributed by atoms with E-state index < -0.39 is 0 Å². The van der Waals surface area contributed by atoms with Gasteiger partial charge in [0, 0.05) is 33.6 Å². The smallest absolute Gasteiger partial charge is 0.0502 e. The zero-order chi connectivity index (χ0) is 34.8. The number of nitrogens with one attached hydrogen (secondary N) is 1. The van der Waals surface area contributed by atoms with Gasteiger partial charge in [-0.2, -0.15) is 0 Å². The molecule has 3 aliphatic rings. The number of hydrogen-bond donors (Lipinski definition) is 1. The fourth-order valence-electron chi connectivity index (χ4n) is 8.32. The maximum absolute atomic E-state index is 3.59. The predicted molar refractivity (Wildman–Crippen MR) is 214 cm³/mol. The molecule has 0 amide bonds. The van der Waals surface area contributed by atoms with Crippen LogP contribution in [0.2, 0.25) is 0 Å². The zero-order valence-electron chi connectivity index (χ0n) is 30.5. The molecule has 1 N–H and O–H groups in total. The molecule has 2 heteroatoms. The highest BCUT2D eigenvalue weighted by atomic mass is 15.2. The third-order valence-electron chi connectivity index (χ3n) is 11.3. The van der Waals surface area contributed by atoms with Gasteiger partial charge in [0.05, 0.1) is 5.69 Å². The molecular weight excluding hydrogens is 605 g/mol. The van der Waals surface area contributed by atoms with Crippen molar-refractivity contribution in [3.8, 4) is 11.1 Å². The Morgan fingerprint density at radius 2 is 1.36 bits per heavy atom. The molecule has 1 aliphatic heterocycles. The van der Waals surface area contributed by atoms with Crippen LogP contribution in [0.3, 0.4) is 0 Å². The summed E-state index contributed by atoms with van der Waals surface area (Å²) in [5.41, 5.74) is 16.8. The van der Waals surface area contributed by atoms with Crippen molar-refractivity contribution in [2.45, 2.75) is 71.1 Å². The summed E-state index contributed by atoms with van der Waals surface area (Å²) in [6.07, 6.45) is 10.7. The Kier molecular flexibility index (Phi) is 7.56. The molecule has 1 heterocycles. The molecule has 2 aliphatic carbocycles. The summed E-state index contributed by atoms with van der Waals surface area (Å²) in [5.74, 6) is 0.327. The molecule has 0 saturated carbocycles. The lowest BCUT2D eigenvalue weighted by Crippen LogP contribution is -2.37. The number of benzene rings is 5. The van der Waals surface area contributed by atoms with Crippen LogP contribution in [0.25, 0.3) is 17.2 Å². The summed E-state index contributed by atoms with van der Waals surface area (Å²) >= 11 is 0. The quantitative estimate of drug-likeness (QED) is 0.203. The molecule has 5 aromatic carbocycles. The van der Waals surface area contributed by atoms with Gasteiger partial charge in [-0.3, -0.25) is 0 Å². The van der Waals surface area contributed by atoms with Crippen LogP contribution in [0.5, 0.6) is 0 Å². The molecule has 0 saturated heterocycles. The topological polar surface area (TPSA) is 15.3 Å². The van der Waals surface area contributed by atoms with Gasteiger partial charge < -0.3 is 10.2 Å². The molecular formula is C48H48N2. The number of nitrogens with zero attached hydrogens (tertiary/aromatic N) is 1. The van der Waals surface area contributed by atoms with Gasteiger partial charge in [0.25, 0.3) is 0 Å². The average molecular weight is 653 g/mol. The first-order chi connectivity index (χ1) is 23.9. The summed E-state index contributed by atoms with van der Waals surface area (Å²) in [6, 6.07) is 42.4. The lowest BCUT2D eigenvalue weighted by atomic mass is 9.69. The number of anilines is 4. The Hall–Kier alpha value is -5.08. The van der Waals surface area contributed by atoms with Gasteiger partial charge >= 0.3 is 0 Å². The SMILES string of the molecule is CC(C)(C)c1ccc(N2C3=CCC(/C=C/c4ccc5c(c4)C(C)(C)c4cc(Nc6ccccc6)ccc4-5)C=C3C(C)(C)c3ccccc32)cc1. The van der Waals surface area contributed by atoms with Gasteiger partial charge in [0.1, 0.15) is 0 Å². The van der Waals surface area contributed by atoms with Gasteiger partial charge in [0.2, 0.25) is 0 Å². The van der Waals surface area contributed by atoms with Crippen LogP contribution in [-0.4, -0.2) is 0 Å². The molecule has 1 atom stereocenters. The Morgan fingerprint density at radius 3 is 2.10 bits per heavy atom. The van der Waals surface area contributed by atoms with Crippen molar-refractivity contribution in [2.75, 3.05) is 10.2 Å². The normalized spacial score (nSPS) is 18.5. The van der Waals surface area contributed by atoms with Crippen LogP contribution in [0.4, 0.5) is 22.7 Å². The van der Waals surface area contributed by atoms with E-state index in [4.69, 9.17) is 0 Å². The van der Waals surface area contributed by atoms with Gasteiger partial charge in [-0.05, 0) is 105 Å². The minimum Gasteiger partial charge on any atom is -0.356 e. The highest BCUT2D eigenvalue weighted by molar-refractivity contribution is 5.84. The van der Waals surface area contributed by atoms with Gasteiger partial charge in [-0.1, -0.05) is 146 Å². The Morgan fingerprint density at radius 1 is 0.680 bits per heavy atom. The number of allylic oxidation sites excluding steroid dienone is 4. The number of fused-ring (bicyclic) bond motifs is 5. The van der Waals surface area contributed by atoms with Crippen LogP contribution in [-0.2, 0) is 16.2 Å². The lowest BCUT2D eigenvalue weighted by Gasteiger charge is -2.46. The average Bonchev–Trinajstić information content (AvgIpc) is 3.33. The molecule has 8 rings (SSSR count). The maximum Gasteiger partial charge on any atom is 0.0502 e. The van der Waals surface area contributed by atoms with Crippen molar-refractivity contribution in [1.29, 1.82) is 0 Å². The maximum atomic E-state index is 3.59. The lowest BCUT2D eigenvalue weighted by molar-refractivity contribution is 0.589. The Balaban J connectivity index is 1.08. The van der Waals surface area contributed by atoms with E-state index in [0.717, 1.165) is 17.8 Å². The Bertz CT molecular complexity index is 2190. The summed E-state index contributed by atoms with van der Waals surface area (Å²) in [4.78, 5) is 2.49. The fourth-order valence-corrected chi connectivity index (χ4v) is 8.32. The number of rotatable bonds is 5. The van der Waals surface area contributed by atoms with Crippen LogP contribution >= 0.6 is 0 Å². The Labute approximate surface area is 298 Å². The van der Waals surface area contributed by atoms with Crippen molar-refractivity contribution in [1.82, 2.24) is 0 Å². The largest absolute Gasteiger partial charge is 0.356 e. The van der Waals surface area contributed by atoms with Crippen molar-refractivity contribution in [3.05, 3.63) is 173 Å². The van der Waals surface area contributed by atoms with E-state index in [1.807, 2.05) is 0 Å². The van der Waals surface area contributed by atoms with Gasteiger partial charge in [-0.15, -0.1) is 0 Å². The molecule has 2 nitrogen and oxygen atoms in total. The first-order valence-electron chi connectivity index (χ1n) is 18.1. The molecule has 50 heavy (non-hydrogen) atoms. The number of para-hydroxylation sites is 2. The third-order valence-corrected chi connectivity index (χ3v) is 11.3. The fraction of sp³-hybridized carbons (Fsp3) is 0.250. The second-order valence-corrected chi connectivity index (χ2v) is 16.4. The van der Waals surface area contributed by atoms with Crippen LogP contribution in [0, 0.1) is 5.92 Å². The van der Waals surface area contributed by atoms with Crippen molar-refractivity contribution >= 4 is 28.8 Å². The van der Waals surface area contributed by atoms with E-state index in [0.29, 0.717) is 5.92 Å². The second kappa shape index (κ2) is 11.8. The standard InChI is InChI=1S/C48H48N2/c1-46(2,3)34-21-24-37(25-22-34)50-44-16-12-11-15-40(44)47(4,5)43-30-33(20-28-45(43)50)18-17-32-19-26-38-39-27-23-36(49-35-13-9-8-10-14-35)31-42(39)48(6,7)41(38)29-32/h8-19,21-31,33,49H,20H2,1-7H3/b18-17+. The van der Waals surface area contributed by atoms with Crippen molar-refractivity contribution in [3.63, 3.8) is 0 Å². The van der Waals surface area contributed by atoms with Crippen LogP contribution in [0.1, 0.15) is 82.7 Å². The third kappa shape index (κ3) is 5.42. The summed E-state index contributed by atoms with van der Waals surface area (Å²) in [6.45, 7) is 16.3. The van der Waals surface area contributed by atoms with Crippen molar-refractivity contribution in [2.24, 2.45) is 5.92 Å². The first kappa shape index (κ1) is 32.1. The summed E-state index contributed by atoms with van der Waals surface area (Å²) in [5, 5.41) is 3.59. The van der Waals surface area contributed by atoms with Gasteiger partial charge in [0.15, 0.2) is 0 Å². The minimum atomic E-state index is -0.103. The minimum absolute atomic E-state index is 0.0819. The van der Waals surface area contributed by atoms with E-state index >= 15 is 0 Å². The first-order valence-corrected chi connectivity index (χ1v) is 18.1. The molecule has 0 bridgehead atoms. The second-order valence-electron chi connectivity index (χ2n) is 16.4. The van der Waals surface area contributed by atoms with E-state index in [1.54, 1.807) is 0 Å². The van der Waals surface area contributed by atoms with E-state index in [2.05, 4.69) is 198 Å². The van der Waals surface area contributed by atoms with E-state index in [-0.39, 0.29) is 16.2 Å². The van der Waals surface area contributed by atoms with Crippen LogP contribution in [0.15, 0.2) is 145 Å². The highest BCUT2D eigenvalue weighted by Gasteiger charge is 2.41. The van der Waals surface area contributed by atoms with E-state index in [9.17, 15) is 0 Å². The van der Waals surface area contributed by atoms with Crippen molar-refractivity contribution < 1.29 is 0 Å². The van der Waals surface area contributed by atoms with E-state index in [1.165, 1.54) is 61.6 Å². The zero-order valence-corrected chi connectivity index (χ0v) is 30.5. The molecule has 0 aromatic heterocycles. The molecule has 0 radical (unpaired) electrons. The molecule has 5 aromatic rings. The predicted octanol–water partition coefficient (Wildman–Crippen LogP) is 13.0. The molecule has 0 spiro atoms. The molecule has 1 unspecified atom stereocenters. The van der Waals surface area contributed by atoms with Crippen LogP contribution < -0.4 is 10.2 Å². The number of hydrogen-bond acceptors (Lipinski definition) is 2. The molecule has 0 fully saturated rings. The highest BCUT2D eigenvalue weighted by Crippen LogP contribution is 2.53. The van der Waals surface area contributed by atoms with Gasteiger partial charge in [-0.25, -0.2) is 0 Å². The summed E-state index contributed by atoms with van der Waals surface area (Å²) < 4.78 is 0. The monoisotopic (exact) mass is 652 g/mol.